The maximum absolute atomic E-state index is 15.1. The summed E-state index contributed by atoms with van der Waals surface area (Å²) in [6, 6.07) is 8.42. The van der Waals surface area contributed by atoms with E-state index in [4.69, 9.17) is 0 Å². The van der Waals surface area contributed by atoms with Gasteiger partial charge >= 0.3 is 17.8 Å². The van der Waals surface area contributed by atoms with Crippen molar-refractivity contribution in [3.05, 3.63) is 74.7 Å². The van der Waals surface area contributed by atoms with Crippen LogP contribution >= 0.6 is 23.5 Å². The summed E-state index contributed by atoms with van der Waals surface area (Å²) in [6.07, 6.45) is 2.65. The lowest BCUT2D eigenvalue weighted by Gasteiger charge is -2.47. The van der Waals surface area contributed by atoms with Crippen molar-refractivity contribution in [2.45, 2.75) is 48.0 Å². The number of rotatable bonds is 1. The standard InChI is InChI=1S/C23H15F6NS2/c1-11-7-14-17-18(22(26,27)23(28,29)21(17,24)25)15-9-16(13-6-4-5-12(8-13)10-30)32-20(15,3)19(14,2)31-11/h4-9H,1-3H3. The van der Waals surface area contributed by atoms with Crippen molar-refractivity contribution >= 4 is 28.4 Å². The number of nitrogens with zero attached hydrogens (tertiary/aromatic N) is 1. The van der Waals surface area contributed by atoms with E-state index in [2.05, 4.69) is 0 Å². The molecule has 2 heterocycles. The Morgan fingerprint density at radius 2 is 1.41 bits per heavy atom. The van der Waals surface area contributed by atoms with Gasteiger partial charge in [-0.15, -0.1) is 23.5 Å². The summed E-state index contributed by atoms with van der Waals surface area (Å²) in [6.45, 7) is 4.93. The van der Waals surface area contributed by atoms with Gasteiger partial charge in [0.1, 0.15) is 0 Å². The van der Waals surface area contributed by atoms with Crippen molar-refractivity contribution < 1.29 is 26.3 Å². The van der Waals surface area contributed by atoms with Crippen LogP contribution in [-0.4, -0.2) is 27.3 Å². The number of nitriles is 1. The maximum atomic E-state index is 15.1. The van der Waals surface area contributed by atoms with Crippen LogP contribution in [0.1, 0.15) is 31.9 Å². The third-order valence-corrected chi connectivity index (χ3v) is 9.94. The maximum Gasteiger partial charge on any atom is 0.380 e. The number of hydrogen-bond acceptors (Lipinski definition) is 3. The summed E-state index contributed by atoms with van der Waals surface area (Å²) in [4.78, 5) is 1.06. The molecule has 2 unspecified atom stereocenters. The predicted octanol–water partition coefficient (Wildman–Crippen LogP) is 7.34. The zero-order chi connectivity index (χ0) is 23.5. The first kappa shape index (κ1) is 21.8. The zero-order valence-electron chi connectivity index (χ0n) is 17.0. The molecule has 0 bridgehead atoms. The van der Waals surface area contributed by atoms with Crippen LogP contribution in [0.25, 0.3) is 4.91 Å². The second-order valence-corrected chi connectivity index (χ2v) is 11.7. The van der Waals surface area contributed by atoms with E-state index in [1.807, 2.05) is 6.07 Å². The van der Waals surface area contributed by atoms with Gasteiger partial charge in [0.15, 0.2) is 0 Å². The number of halogens is 6. The molecule has 2 atom stereocenters. The lowest BCUT2D eigenvalue weighted by Crippen LogP contribution is -2.48. The summed E-state index contributed by atoms with van der Waals surface area (Å²) in [5, 5.41) is 9.19. The Labute approximate surface area is 188 Å². The number of thioether (sulfide) groups is 2. The first-order valence-corrected chi connectivity index (χ1v) is 11.3. The summed E-state index contributed by atoms with van der Waals surface area (Å²) >= 11 is 2.40. The highest BCUT2D eigenvalue weighted by atomic mass is 32.2. The first-order chi connectivity index (χ1) is 14.7. The molecule has 1 aromatic rings. The van der Waals surface area contributed by atoms with Crippen molar-refractivity contribution in [3.8, 4) is 6.07 Å². The molecule has 0 saturated heterocycles. The second kappa shape index (κ2) is 6.09. The molecule has 0 N–H and O–H groups in total. The third-order valence-electron chi connectivity index (χ3n) is 6.72. The number of hydrogen-bond donors (Lipinski definition) is 0. The first-order valence-electron chi connectivity index (χ1n) is 9.65. The Kier molecular flexibility index (Phi) is 4.14. The monoisotopic (exact) mass is 483 g/mol. The molecule has 0 radical (unpaired) electrons. The Morgan fingerprint density at radius 3 is 2.00 bits per heavy atom. The van der Waals surface area contributed by atoms with Crippen LogP contribution in [0.15, 0.2) is 63.6 Å². The summed E-state index contributed by atoms with van der Waals surface area (Å²) in [7, 11) is 0. The Morgan fingerprint density at radius 1 is 0.844 bits per heavy atom. The Balaban J connectivity index is 1.86. The summed E-state index contributed by atoms with van der Waals surface area (Å²) in [5.41, 5.74) is -2.03. The van der Waals surface area contributed by atoms with Gasteiger partial charge in [0.05, 0.1) is 21.1 Å². The lowest BCUT2D eigenvalue weighted by molar-refractivity contribution is -0.258. The molecular formula is C23H15F6NS2. The van der Waals surface area contributed by atoms with Gasteiger partial charge in [-0.25, -0.2) is 0 Å². The van der Waals surface area contributed by atoms with Crippen LogP contribution in [-0.2, 0) is 0 Å². The molecule has 1 aromatic carbocycles. The molecule has 0 amide bonds. The molecule has 2 aliphatic heterocycles. The molecule has 0 spiro atoms. The fraction of sp³-hybridized carbons (Fsp3) is 0.348. The number of alkyl halides is 6. The van der Waals surface area contributed by atoms with E-state index in [1.54, 1.807) is 45.0 Å². The van der Waals surface area contributed by atoms with Crippen LogP contribution in [0.2, 0.25) is 0 Å². The summed E-state index contributed by atoms with van der Waals surface area (Å²) < 4.78 is 86.7. The normalized spacial score (nSPS) is 33.4. The van der Waals surface area contributed by atoms with E-state index in [0.29, 0.717) is 20.9 Å². The molecule has 1 saturated carbocycles. The van der Waals surface area contributed by atoms with Crippen LogP contribution in [0, 0.1) is 11.3 Å². The highest BCUT2D eigenvalue weighted by Crippen LogP contribution is 2.74. The number of benzene rings is 1. The molecule has 0 aromatic heterocycles. The Hall–Kier alpha value is -2.05. The van der Waals surface area contributed by atoms with E-state index in [-0.39, 0.29) is 11.1 Å². The lowest BCUT2D eigenvalue weighted by atomic mass is 9.71. The van der Waals surface area contributed by atoms with Gasteiger partial charge in [-0.2, -0.15) is 31.6 Å². The van der Waals surface area contributed by atoms with Crippen LogP contribution in [0.4, 0.5) is 26.3 Å². The van der Waals surface area contributed by atoms with Gasteiger partial charge in [0, 0.05) is 16.1 Å². The topological polar surface area (TPSA) is 23.8 Å². The molecule has 9 heteroatoms. The van der Waals surface area contributed by atoms with E-state index in [0.717, 1.165) is 0 Å². The third kappa shape index (κ3) is 2.25. The highest BCUT2D eigenvalue weighted by molar-refractivity contribution is 8.12. The van der Waals surface area contributed by atoms with Crippen LogP contribution < -0.4 is 0 Å². The van der Waals surface area contributed by atoms with Gasteiger partial charge in [0.25, 0.3) is 0 Å². The minimum absolute atomic E-state index is 0.170. The SMILES string of the molecule is CC1=CC2=C3C(=C4C=C(c5cccc(C#N)c5)SC4(C)C2(C)S1)C(F)(F)C(F)(F)C3(F)F. The average Bonchev–Trinajstić information content (AvgIpc) is 3.26. The predicted molar refractivity (Wildman–Crippen MR) is 114 cm³/mol. The summed E-state index contributed by atoms with van der Waals surface area (Å²) in [5.74, 6) is -15.6. The van der Waals surface area contributed by atoms with Gasteiger partial charge in [0.2, 0.25) is 0 Å². The van der Waals surface area contributed by atoms with Crippen molar-refractivity contribution in [1.29, 1.82) is 5.26 Å². The molecular weight excluding hydrogens is 468 g/mol. The molecule has 1 fully saturated rings. The van der Waals surface area contributed by atoms with E-state index in [1.165, 1.54) is 35.7 Å². The number of allylic oxidation sites excluding steroid dienone is 5. The van der Waals surface area contributed by atoms with Gasteiger partial charge in [-0.1, -0.05) is 12.1 Å². The van der Waals surface area contributed by atoms with Gasteiger partial charge in [-0.05, 0) is 66.7 Å². The van der Waals surface area contributed by atoms with E-state index >= 15 is 8.78 Å². The fourth-order valence-corrected chi connectivity index (χ4v) is 8.05. The molecule has 4 aliphatic rings. The molecule has 1 nitrogen and oxygen atoms in total. The smallest absolute Gasteiger partial charge is 0.194 e. The van der Waals surface area contributed by atoms with Crippen molar-refractivity contribution in [1.82, 2.24) is 0 Å². The van der Waals surface area contributed by atoms with Crippen LogP contribution in [0.5, 0.6) is 0 Å². The van der Waals surface area contributed by atoms with Gasteiger partial charge < -0.3 is 0 Å². The van der Waals surface area contributed by atoms with E-state index < -0.39 is 38.4 Å². The molecule has 32 heavy (non-hydrogen) atoms. The van der Waals surface area contributed by atoms with Crippen molar-refractivity contribution in [2.75, 3.05) is 0 Å². The van der Waals surface area contributed by atoms with Crippen molar-refractivity contribution in [3.63, 3.8) is 0 Å². The van der Waals surface area contributed by atoms with Gasteiger partial charge in [-0.3, -0.25) is 0 Å². The quantitative estimate of drug-likeness (QED) is 0.391. The second-order valence-electron chi connectivity index (χ2n) is 8.53. The van der Waals surface area contributed by atoms with Crippen LogP contribution in [0.3, 0.4) is 0 Å². The molecule has 5 rings (SSSR count). The Bertz CT molecular complexity index is 1270. The van der Waals surface area contributed by atoms with E-state index in [9.17, 15) is 22.8 Å². The molecule has 2 aliphatic carbocycles. The molecule has 166 valence electrons. The number of fused-ring (bicyclic) bond motifs is 4. The minimum Gasteiger partial charge on any atom is -0.194 e. The fourth-order valence-electron chi connectivity index (χ4n) is 4.97. The largest absolute Gasteiger partial charge is 0.380 e. The highest BCUT2D eigenvalue weighted by Gasteiger charge is 2.84. The average molecular weight is 484 g/mol. The van der Waals surface area contributed by atoms with Crippen molar-refractivity contribution in [2.24, 2.45) is 0 Å². The minimum atomic E-state index is -5.55. The zero-order valence-corrected chi connectivity index (χ0v) is 18.6.